The Balaban J connectivity index is 0.000000146. The summed E-state index contributed by atoms with van der Waals surface area (Å²) in [6.45, 7) is 0. The summed E-state index contributed by atoms with van der Waals surface area (Å²) >= 11 is 0. The fourth-order valence-corrected chi connectivity index (χ4v) is 22.1. The van der Waals surface area contributed by atoms with Crippen LogP contribution < -0.4 is 9.80 Å². The van der Waals surface area contributed by atoms with Gasteiger partial charge in [-0.1, -0.05) is 443 Å². The third-order valence-corrected chi connectivity index (χ3v) is 28.3. The molecule has 2 aromatic heterocycles. The highest BCUT2D eigenvalue weighted by atomic mass is 16.3. The molecule has 0 bridgehead atoms. The fourth-order valence-electron chi connectivity index (χ4n) is 22.1. The van der Waals surface area contributed by atoms with E-state index < -0.39 is 10.8 Å². The van der Waals surface area contributed by atoms with E-state index in [9.17, 15) is 0 Å². The van der Waals surface area contributed by atoms with Crippen LogP contribution in [0.25, 0.3) is 155 Å². The third kappa shape index (κ3) is 14.2. The molecule has 2 heterocycles. The van der Waals surface area contributed by atoms with E-state index in [0.717, 1.165) is 134 Å². The molecule has 0 amide bonds. The lowest BCUT2D eigenvalue weighted by molar-refractivity contribution is 0.668. The normalized spacial score (nSPS) is 12.5. The molecule has 2 aliphatic rings. The second-order valence-corrected chi connectivity index (χ2v) is 36.0. The quantitative estimate of drug-likeness (QED) is 0.0857. The summed E-state index contributed by atoms with van der Waals surface area (Å²) in [5, 5.41) is 4.51. The molecule has 4 nitrogen and oxygen atoms in total. The molecule has 0 saturated heterocycles. The van der Waals surface area contributed by atoms with Gasteiger partial charge in [-0.25, -0.2) is 0 Å². The van der Waals surface area contributed by atoms with Gasteiger partial charge in [0, 0.05) is 55.5 Å². The molecule has 2 aliphatic carbocycles. The molecular formula is C134H90N2O2. The van der Waals surface area contributed by atoms with Gasteiger partial charge in [-0.05, 0) is 253 Å². The van der Waals surface area contributed by atoms with Crippen LogP contribution in [0.15, 0.2) is 555 Å². The van der Waals surface area contributed by atoms with Crippen LogP contribution in [0.4, 0.5) is 34.1 Å². The summed E-state index contributed by atoms with van der Waals surface area (Å²) in [7, 11) is 0. The highest BCUT2D eigenvalue weighted by Gasteiger charge is 2.49. The van der Waals surface area contributed by atoms with Gasteiger partial charge < -0.3 is 18.6 Å². The number of furan rings is 2. The number of fused-ring (bicyclic) bond motifs is 12. The Kier molecular flexibility index (Phi) is 20.7. The average molecular weight is 1760 g/mol. The molecule has 26 rings (SSSR count). The number of hydrogen-bond acceptors (Lipinski definition) is 4. The number of anilines is 6. The van der Waals surface area contributed by atoms with Crippen molar-refractivity contribution in [1.29, 1.82) is 0 Å². The monoisotopic (exact) mass is 1760 g/mol. The van der Waals surface area contributed by atoms with E-state index in [4.69, 9.17) is 8.83 Å². The smallest absolute Gasteiger partial charge is 0.136 e. The Bertz CT molecular complexity index is 8600. The molecule has 648 valence electrons. The van der Waals surface area contributed by atoms with E-state index in [0.29, 0.717) is 0 Å². The highest BCUT2D eigenvalue weighted by molar-refractivity contribution is 6.08. The van der Waals surface area contributed by atoms with Crippen LogP contribution >= 0.6 is 0 Å². The van der Waals surface area contributed by atoms with Gasteiger partial charge in [0.25, 0.3) is 0 Å². The van der Waals surface area contributed by atoms with Gasteiger partial charge in [0.1, 0.15) is 22.3 Å². The first-order chi connectivity index (χ1) is 68.4. The third-order valence-electron chi connectivity index (χ3n) is 28.3. The average Bonchev–Trinajstić information content (AvgIpc) is 1.54. The fraction of sp³-hybridized carbons (Fsp3) is 0.0149. The minimum atomic E-state index is -0.491. The molecule has 22 aromatic carbocycles. The van der Waals surface area contributed by atoms with Crippen molar-refractivity contribution < 1.29 is 8.83 Å². The topological polar surface area (TPSA) is 32.8 Å². The number of hydrogen-bond donors (Lipinski definition) is 0. The van der Waals surface area contributed by atoms with Gasteiger partial charge in [0.05, 0.1) is 16.5 Å². The molecule has 0 saturated carbocycles. The van der Waals surface area contributed by atoms with E-state index in [1.165, 1.54) is 100 Å². The zero-order valence-corrected chi connectivity index (χ0v) is 75.7. The molecule has 0 atom stereocenters. The summed E-state index contributed by atoms with van der Waals surface area (Å²) in [4.78, 5) is 4.84. The molecule has 138 heavy (non-hydrogen) atoms. The maximum absolute atomic E-state index is 6.39. The zero-order valence-electron chi connectivity index (χ0n) is 75.7. The summed E-state index contributed by atoms with van der Waals surface area (Å²) in [6, 6.07) is 199. The van der Waals surface area contributed by atoms with Gasteiger partial charge in [0.15, 0.2) is 0 Å². The van der Waals surface area contributed by atoms with Crippen LogP contribution in [0.2, 0.25) is 0 Å². The lowest BCUT2D eigenvalue weighted by atomic mass is 9.67. The van der Waals surface area contributed by atoms with E-state index in [2.05, 4.69) is 532 Å². The van der Waals surface area contributed by atoms with Crippen LogP contribution in [0, 0.1) is 0 Å². The molecular weight excluding hydrogens is 1670 g/mol. The minimum Gasteiger partial charge on any atom is -0.456 e. The van der Waals surface area contributed by atoms with Gasteiger partial charge in [-0.15, -0.1) is 0 Å². The van der Waals surface area contributed by atoms with E-state index in [1.54, 1.807) is 0 Å². The van der Waals surface area contributed by atoms with E-state index in [1.807, 2.05) is 24.3 Å². The molecule has 24 aromatic rings. The minimum absolute atomic E-state index is 0.486. The van der Waals surface area contributed by atoms with E-state index in [-0.39, 0.29) is 0 Å². The van der Waals surface area contributed by atoms with Crippen molar-refractivity contribution in [3.8, 4) is 111 Å². The predicted molar refractivity (Wildman–Crippen MR) is 575 cm³/mol. The summed E-state index contributed by atoms with van der Waals surface area (Å²) < 4.78 is 12.8. The van der Waals surface area contributed by atoms with Crippen molar-refractivity contribution in [2.24, 2.45) is 0 Å². The van der Waals surface area contributed by atoms with Crippen molar-refractivity contribution in [3.05, 3.63) is 590 Å². The van der Waals surface area contributed by atoms with Crippen molar-refractivity contribution in [3.63, 3.8) is 0 Å². The standard InChI is InChI=1S/2C67H45NO/c1-4-19-46(20-5-1)47-37-39-48(40-38-47)56-29-11-14-35-63(56)68(54-27-16-21-49(43-54)50-41-42-59-58-30-12-15-36-64(58)69-65(59)45-50)55-28-17-22-51(44-55)57-32-18-34-62-66(57)60-31-10-13-33-61(60)67(62,52-23-6-2-7-24-52)53-25-8-3-9-26-53;1-4-18-46(19-5-1)47-36-38-48(39-37-47)49-20-14-27-55(42-49)68(56-28-15-21-50(43-56)51-40-41-60-59-30-11-13-35-64(59)69-65(60)45-51)57-29-16-22-52(44-57)58-32-17-34-63-66(58)61-31-10-12-33-62(61)67(63,53-23-6-2-7-24-53)54-25-8-3-9-26-54/h2*1-45H. The van der Waals surface area contributed by atoms with Crippen LogP contribution in [0.3, 0.4) is 0 Å². The first-order valence-electron chi connectivity index (χ1n) is 47.5. The van der Waals surface area contributed by atoms with Crippen molar-refractivity contribution in [1.82, 2.24) is 0 Å². The molecule has 0 spiro atoms. The van der Waals surface area contributed by atoms with Crippen molar-refractivity contribution in [2.75, 3.05) is 9.80 Å². The largest absolute Gasteiger partial charge is 0.456 e. The number of rotatable bonds is 18. The molecule has 0 radical (unpaired) electrons. The van der Waals surface area contributed by atoms with Crippen LogP contribution in [0.5, 0.6) is 0 Å². The molecule has 4 heteroatoms. The van der Waals surface area contributed by atoms with Crippen molar-refractivity contribution >= 4 is 78.0 Å². The maximum Gasteiger partial charge on any atom is 0.136 e. The van der Waals surface area contributed by atoms with E-state index >= 15 is 0 Å². The lowest BCUT2D eigenvalue weighted by Gasteiger charge is -2.34. The number of para-hydroxylation sites is 3. The Hall–Kier alpha value is -18.0. The second kappa shape index (κ2) is 34.9. The lowest BCUT2D eigenvalue weighted by Crippen LogP contribution is -2.28. The zero-order chi connectivity index (χ0) is 91.5. The predicted octanol–water partition coefficient (Wildman–Crippen LogP) is 36.2. The van der Waals surface area contributed by atoms with Crippen LogP contribution in [0.1, 0.15) is 44.5 Å². The number of benzene rings is 22. The Labute approximate surface area is 803 Å². The van der Waals surface area contributed by atoms with Crippen LogP contribution in [-0.2, 0) is 10.8 Å². The first-order valence-corrected chi connectivity index (χ1v) is 47.5. The Morgan fingerprint density at radius 2 is 0.399 bits per heavy atom. The molecule has 0 N–H and O–H groups in total. The second-order valence-electron chi connectivity index (χ2n) is 36.0. The van der Waals surface area contributed by atoms with Gasteiger partial charge >= 0.3 is 0 Å². The Morgan fingerprint density at radius 1 is 0.145 bits per heavy atom. The molecule has 0 unspecified atom stereocenters. The first kappa shape index (κ1) is 82.0. The Morgan fingerprint density at radius 3 is 0.804 bits per heavy atom. The molecule has 0 fully saturated rings. The van der Waals surface area contributed by atoms with Gasteiger partial charge in [0.2, 0.25) is 0 Å². The highest BCUT2D eigenvalue weighted by Crippen LogP contribution is 2.61. The SMILES string of the molecule is c1ccc(-c2ccc(-c3cccc(N(c4cccc(-c5ccc6c(c5)oc5ccccc56)c4)c4cccc(-c5cccc6c5-c5ccccc5C6(c5ccccc5)c5ccccc5)c4)c3)cc2)cc1.c1ccc(-c2ccc(-c3ccccc3N(c3cccc(-c4ccc5c(c4)oc4ccccc45)c3)c3cccc(-c4cccc5c4-c4ccccc4C5(c4ccccc4)c4ccccc4)c3)cc2)cc1. The van der Waals surface area contributed by atoms with Gasteiger partial charge in [-0.2, -0.15) is 0 Å². The van der Waals surface area contributed by atoms with Gasteiger partial charge in [-0.3, -0.25) is 0 Å². The summed E-state index contributed by atoms with van der Waals surface area (Å²) in [5.41, 5.74) is 42.8. The number of nitrogens with zero attached hydrogens (tertiary/aromatic N) is 2. The maximum atomic E-state index is 6.39. The molecule has 0 aliphatic heterocycles. The van der Waals surface area contributed by atoms with Crippen LogP contribution in [-0.4, -0.2) is 0 Å². The van der Waals surface area contributed by atoms with Crippen molar-refractivity contribution in [2.45, 2.75) is 10.8 Å². The summed E-state index contributed by atoms with van der Waals surface area (Å²) in [6.07, 6.45) is 0. The summed E-state index contributed by atoms with van der Waals surface area (Å²) in [5.74, 6) is 0.